The van der Waals surface area contributed by atoms with Crippen LogP contribution in [0.4, 0.5) is 0 Å². The van der Waals surface area contributed by atoms with Crippen LogP contribution in [0.2, 0.25) is 0 Å². The smallest absolute Gasteiger partial charge is 0.341 e. The van der Waals surface area contributed by atoms with E-state index in [2.05, 4.69) is 22.6 Å². The van der Waals surface area contributed by atoms with E-state index in [1.54, 1.807) is 18.2 Å². The fourth-order valence-electron chi connectivity index (χ4n) is 1.04. The highest BCUT2D eigenvalue weighted by Crippen LogP contribution is 2.19. The maximum Gasteiger partial charge on any atom is 0.341 e. The fraction of sp³-hybridized carbons (Fsp3) is 0.364. The fourth-order valence-corrected chi connectivity index (χ4v) is 1.35. The Bertz CT molecular complexity index is 341. The molecule has 5 heteroatoms. The summed E-state index contributed by atoms with van der Waals surface area (Å²) in [5, 5.41) is 8.46. The van der Waals surface area contributed by atoms with Gasteiger partial charge in [-0.2, -0.15) is 0 Å². The van der Waals surface area contributed by atoms with Crippen LogP contribution in [0.3, 0.4) is 0 Å². The number of benzene rings is 1. The number of hydrogen-bond donors (Lipinski definition) is 1. The molecular formula is C11H13IO4. The Balaban J connectivity index is 2.46. The maximum atomic E-state index is 10.3. The lowest BCUT2D eigenvalue weighted by atomic mass is 10.3. The summed E-state index contributed by atoms with van der Waals surface area (Å²) in [6.07, 6.45) is 0.987. The van der Waals surface area contributed by atoms with Crippen molar-refractivity contribution >= 4 is 28.6 Å². The number of hydrogen-bond acceptors (Lipinski definition) is 3. The molecule has 0 spiro atoms. The van der Waals surface area contributed by atoms with Crippen LogP contribution in [0.15, 0.2) is 24.3 Å². The van der Waals surface area contributed by atoms with Gasteiger partial charge in [0, 0.05) is 10.5 Å². The monoisotopic (exact) mass is 336 g/mol. The standard InChI is InChI=1S/C11H13IO4/c12-5-2-6-15-9-3-1-4-10(7-9)16-8-11(13)14/h1,3-4,7H,2,5-6,8H2,(H,13,14). The molecule has 0 bridgehead atoms. The molecule has 0 amide bonds. The molecule has 16 heavy (non-hydrogen) atoms. The van der Waals surface area contributed by atoms with Crippen molar-refractivity contribution in [2.24, 2.45) is 0 Å². The molecule has 1 rings (SSSR count). The van der Waals surface area contributed by atoms with E-state index in [0.717, 1.165) is 10.8 Å². The number of carboxylic acids is 1. The first-order valence-electron chi connectivity index (χ1n) is 4.86. The van der Waals surface area contributed by atoms with E-state index in [9.17, 15) is 4.79 Å². The molecule has 1 N–H and O–H groups in total. The second-order valence-electron chi connectivity index (χ2n) is 3.05. The van der Waals surface area contributed by atoms with E-state index in [1.165, 1.54) is 0 Å². The van der Waals surface area contributed by atoms with Crippen molar-refractivity contribution in [2.75, 3.05) is 17.6 Å². The SMILES string of the molecule is O=C(O)COc1cccc(OCCCI)c1. The Morgan fingerprint density at radius 2 is 2.00 bits per heavy atom. The van der Waals surface area contributed by atoms with Crippen LogP contribution in [0.25, 0.3) is 0 Å². The number of ether oxygens (including phenoxy) is 2. The Morgan fingerprint density at radius 3 is 2.62 bits per heavy atom. The summed E-state index contributed by atoms with van der Waals surface area (Å²) in [4.78, 5) is 10.3. The third-order valence-electron chi connectivity index (χ3n) is 1.71. The predicted octanol–water partition coefficient (Wildman–Crippen LogP) is 2.35. The first-order chi connectivity index (χ1) is 7.72. The van der Waals surface area contributed by atoms with Gasteiger partial charge in [0.15, 0.2) is 6.61 Å². The molecule has 0 aliphatic heterocycles. The minimum atomic E-state index is -0.990. The van der Waals surface area contributed by atoms with E-state index >= 15 is 0 Å². The topological polar surface area (TPSA) is 55.8 Å². The highest BCUT2D eigenvalue weighted by atomic mass is 127. The Labute approximate surface area is 108 Å². The number of carboxylic acid groups (broad SMARTS) is 1. The van der Waals surface area contributed by atoms with Crippen molar-refractivity contribution in [3.05, 3.63) is 24.3 Å². The van der Waals surface area contributed by atoms with Crippen LogP contribution in [0.5, 0.6) is 11.5 Å². The molecule has 0 radical (unpaired) electrons. The molecule has 0 heterocycles. The Hall–Kier alpha value is -0.980. The zero-order valence-electron chi connectivity index (χ0n) is 8.69. The van der Waals surface area contributed by atoms with Gasteiger partial charge in [0.25, 0.3) is 0 Å². The van der Waals surface area contributed by atoms with E-state index in [4.69, 9.17) is 14.6 Å². The van der Waals surface area contributed by atoms with Crippen molar-refractivity contribution in [1.29, 1.82) is 0 Å². The van der Waals surface area contributed by atoms with Crippen molar-refractivity contribution in [3.63, 3.8) is 0 Å². The molecule has 0 saturated carbocycles. The molecule has 0 saturated heterocycles. The largest absolute Gasteiger partial charge is 0.493 e. The second-order valence-corrected chi connectivity index (χ2v) is 4.13. The average Bonchev–Trinajstić information content (AvgIpc) is 2.27. The molecule has 0 aliphatic carbocycles. The van der Waals surface area contributed by atoms with Gasteiger partial charge in [-0.3, -0.25) is 0 Å². The van der Waals surface area contributed by atoms with E-state index < -0.39 is 5.97 Å². The number of rotatable bonds is 7. The summed E-state index contributed by atoms with van der Waals surface area (Å²) in [6.45, 7) is 0.322. The zero-order chi connectivity index (χ0) is 11.8. The maximum absolute atomic E-state index is 10.3. The first kappa shape index (κ1) is 13.1. The van der Waals surface area contributed by atoms with Crippen molar-refractivity contribution < 1.29 is 19.4 Å². The lowest BCUT2D eigenvalue weighted by molar-refractivity contribution is -0.139. The highest BCUT2D eigenvalue weighted by Gasteiger charge is 2.00. The molecule has 4 nitrogen and oxygen atoms in total. The lowest BCUT2D eigenvalue weighted by Crippen LogP contribution is -2.09. The third-order valence-corrected chi connectivity index (χ3v) is 2.48. The molecule has 1 aromatic rings. The summed E-state index contributed by atoms with van der Waals surface area (Å²) in [5.41, 5.74) is 0. The molecule has 0 aromatic heterocycles. The molecular weight excluding hydrogens is 323 g/mol. The average molecular weight is 336 g/mol. The molecule has 1 aromatic carbocycles. The van der Waals surface area contributed by atoms with Crippen LogP contribution in [0.1, 0.15) is 6.42 Å². The van der Waals surface area contributed by atoms with Crippen molar-refractivity contribution in [1.82, 2.24) is 0 Å². The number of halogens is 1. The van der Waals surface area contributed by atoms with Crippen molar-refractivity contribution in [3.8, 4) is 11.5 Å². The summed E-state index contributed by atoms with van der Waals surface area (Å²) in [6, 6.07) is 6.99. The highest BCUT2D eigenvalue weighted by molar-refractivity contribution is 14.1. The van der Waals surface area contributed by atoms with Gasteiger partial charge in [-0.25, -0.2) is 4.79 Å². The van der Waals surface area contributed by atoms with Gasteiger partial charge in [0.05, 0.1) is 6.61 Å². The van der Waals surface area contributed by atoms with E-state index in [-0.39, 0.29) is 6.61 Å². The van der Waals surface area contributed by atoms with Gasteiger partial charge in [-0.15, -0.1) is 0 Å². The van der Waals surface area contributed by atoms with Crippen LogP contribution < -0.4 is 9.47 Å². The lowest BCUT2D eigenvalue weighted by Gasteiger charge is -2.07. The van der Waals surface area contributed by atoms with E-state index in [0.29, 0.717) is 18.1 Å². The van der Waals surface area contributed by atoms with Gasteiger partial charge in [-0.05, 0) is 18.6 Å². The summed E-state index contributed by atoms with van der Waals surface area (Å²) in [5.74, 6) is 0.221. The second kappa shape index (κ2) is 7.32. The number of carbonyl (C=O) groups is 1. The van der Waals surface area contributed by atoms with Crippen LogP contribution in [0, 0.1) is 0 Å². The molecule has 0 aliphatic rings. The summed E-state index contributed by atoms with van der Waals surface area (Å²) < 4.78 is 11.5. The predicted molar refractivity (Wildman–Crippen MR) is 68.6 cm³/mol. The minimum Gasteiger partial charge on any atom is -0.493 e. The van der Waals surface area contributed by atoms with Gasteiger partial charge < -0.3 is 14.6 Å². The van der Waals surface area contributed by atoms with Crippen molar-refractivity contribution in [2.45, 2.75) is 6.42 Å². The van der Waals surface area contributed by atoms with Crippen LogP contribution in [-0.2, 0) is 4.79 Å². The zero-order valence-corrected chi connectivity index (χ0v) is 10.8. The van der Waals surface area contributed by atoms with Crippen LogP contribution in [-0.4, -0.2) is 28.7 Å². The number of alkyl halides is 1. The summed E-state index contributed by atoms with van der Waals surface area (Å²) >= 11 is 2.29. The normalized spacial score (nSPS) is 9.81. The molecule has 0 unspecified atom stereocenters. The molecule has 0 fully saturated rings. The third kappa shape index (κ3) is 5.20. The van der Waals surface area contributed by atoms with Gasteiger partial charge in [-0.1, -0.05) is 28.7 Å². The molecule has 88 valence electrons. The van der Waals surface area contributed by atoms with Crippen LogP contribution >= 0.6 is 22.6 Å². The van der Waals surface area contributed by atoms with E-state index in [1.807, 2.05) is 6.07 Å². The Kier molecular flexibility index (Phi) is 5.99. The van der Waals surface area contributed by atoms with Gasteiger partial charge in [0.1, 0.15) is 11.5 Å². The summed E-state index contributed by atoms with van der Waals surface area (Å²) in [7, 11) is 0. The minimum absolute atomic E-state index is 0.336. The number of aliphatic carboxylic acids is 1. The van der Waals surface area contributed by atoms with Gasteiger partial charge >= 0.3 is 5.97 Å². The Morgan fingerprint density at radius 1 is 1.31 bits per heavy atom. The first-order valence-corrected chi connectivity index (χ1v) is 6.38. The van der Waals surface area contributed by atoms with Gasteiger partial charge in [0.2, 0.25) is 0 Å². The molecule has 0 atom stereocenters. The quantitative estimate of drug-likeness (QED) is 0.472.